The lowest BCUT2D eigenvalue weighted by Crippen LogP contribution is -2.46. The Labute approximate surface area is 119 Å². The van der Waals surface area contributed by atoms with E-state index in [9.17, 15) is 8.42 Å². The SMILES string of the molecule is Cc1ccc(S(=O)(=O)N2CCSC(C)(C)C2)c(N)c1. The first-order valence-corrected chi connectivity index (χ1v) is 8.65. The predicted molar refractivity (Wildman–Crippen MR) is 80.9 cm³/mol. The van der Waals surface area contributed by atoms with E-state index >= 15 is 0 Å². The van der Waals surface area contributed by atoms with Gasteiger partial charge in [-0.15, -0.1) is 0 Å². The fourth-order valence-electron chi connectivity index (χ4n) is 2.22. The van der Waals surface area contributed by atoms with Crippen molar-refractivity contribution in [1.82, 2.24) is 4.31 Å². The molecule has 1 heterocycles. The Morgan fingerprint density at radius 3 is 2.63 bits per heavy atom. The first-order chi connectivity index (χ1) is 8.72. The number of rotatable bonds is 2. The number of hydrogen-bond acceptors (Lipinski definition) is 4. The second-order valence-electron chi connectivity index (χ2n) is 5.49. The zero-order valence-corrected chi connectivity index (χ0v) is 13.1. The summed E-state index contributed by atoms with van der Waals surface area (Å²) in [6.07, 6.45) is 0. The predicted octanol–water partition coefficient (Wildman–Crippen LogP) is 2.09. The fraction of sp³-hybridized carbons (Fsp3) is 0.538. The molecule has 0 saturated carbocycles. The number of benzene rings is 1. The molecule has 1 aromatic rings. The standard InChI is InChI=1S/C13H20N2O2S2/c1-10-4-5-12(11(14)8-10)19(16,17)15-6-7-18-13(2,3)9-15/h4-5,8H,6-7,9,14H2,1-3H3. The van der Waals surface area contributed by atoms with Gasteiger partial charge in [0.05, 0.1) is 5.69 Å². The van der Waals surface area contributed by atoms with Gasteiger partial charge >= 0.3 is 0 Å². The summed E-state index contributed by atoms with van der Waals surface area (Å²) in [4.78, 5) is 0.223. The molecule has 0 aliphatic carbocycles. The fourth-order valence-corrected chi connectivity index (χ4v) is 5.23. The van der Waals surface area contributed by atoms with E-state index in [1.54, 1.807) is 34.3 Å². The van der Waals surface area contributed by atoms with E-state index in [0.29, 0.717) is 18.8 Å². The van der Waals surface area contributed by atoms with Gasteiger partial charge in [0.25, 0.3) is 0 Å². The van der Waals surface area contributed by atoms with Gasteiger partial charge < -0.3 is 5.73 Å². The quantitative estimate of drug-likeness (QED) is 0.850. The molecule has 19 heavy (non-hydrogen) atoms. The lowest BCUT2D eigenvalue weighted by Gasteiger charge is -2.36. The Morgan fingerprint density at radius 1 is 1.37 bits per heavy atom. The molecule has 4 nitrogen and oxygen atoms in total. The van der Waals surface area contributed by atoms with Gasteiger partial charge in [-0.1, -0.05) is 6.07 Å². The molecule has 1 saturated heterocycles. The van der Waals surface area contributed by atoms with Crippen LogP contribution in [0.3, 0.4) is 0 Å². The Balaban J connectivity index is 2.37. The maximum atomic E-state index is 12.6. The number of nitrogen functional groups attached to an aromatic ring is 1. The second-order valence-corrected chi connectivity index (χ2v) is 9.20. The molecule has 1 fully saturated rings. The van der Waals surface area contributed by atoms with Gasteiger partial charge in [0.2, 0.25) is 10.0 Å². The van der Waals surface area contributed by atoms with Gasteiger partial charge in [-0.05, 0) is 38.5 Å². The molecular formula is C13H20N2O2S2. The van der Waals surface area contributed by atoms with Crippen molar-refractivity contribution in [2.45, 2.75) is 30.4 Å². The number of nitrogens with zero attached hydrogens (tertiary/aromatic N) is 1. The maximum absolute atomic E-state index is 12.6. The van der Waals surface area contributed by atoms with E-state index in [0.717, 1.165) is 11.3 Å². The molecule has 1 aromatic carbocycles. The van der Waals surface area contributed by atoms with Crippen LogP contribution in [-0.4, -0.2) is 36.3 Å². The highest BCUT2D eigenvalue weighted by Crippen LogP contribution is 2.33. The molecule has 0 unspecified atom stereocenters. The number of anilines is 1. The highest BCUT2D eigenvalue weighted by atomic mass is 32.2. The summed E-state index contributed by atoms with van der Waals surface area (Å²) >= 11 is 1.80. The van der Waals surface area contributed by atoms with Gasteiger partial charge in [0.15, 0.2) is 0 Å². The smallest absolute Gasteiger partial charge is 0.245 e. The third kappa shape index (κ3) is 3.07. The lowest BCUT2D eigenvalue weighted by atomic mass is 10.2. The largest absolute Gasteiger partial charge is 0.398 e. The Hall–Kier alpha value is -0.720. The lowest BCUT2D eigenvalue weighted by molar-refractivity contribution is 0.388. The summed E-state index contributed by atoms with van der Waals surface area (Å²) in [5.74, 6) is 0.817. The van der Waals surface area contributed by atoms with E-state index in [1.165, 1.54) is 0 Å². The zero-order valence-electron chi connectivity index (χ0n) is 11.5. The summed E-state index contributed by atoms with van der Waals surface area (Å²) in [6, 6.07) is 5.10. The van der Waals surface area contributed by atoms with E-state index in [1.807, 2.05) is 6.92 Å². The number of thioether (sulfide) groups is 1. The second kappa shape index (κ2) is 5.00. The molecule has 106 valence electrons. The summed E-state index contributed by atoms with van der Waals surface area (Å²) in [5.41, 5.74) is 7.16. The molecule has 0 aromatic heterocycles. The third-order valence-corrected chi connectivity index (χ3v) is 6.39. The van der Waals surface area contributed by atoms with Crippen molar-refractivity contribution in [1.29, 1.82) is 0 Å². The van der Waals surface area contributed by atoms with Gasteiger partial charge in [0.1, 0.15) is 4.90 Å². The van der Waals surface area contributed by atoms with E-state index in [-0.39, 0.29) is 9.64 Å². The molecule has 6 heteroatoms. The van der Waals surface area contributed by atoms with Crippen molar-refractivity contribution >= 4 is 27.5 Å². The molecule has 1 aliphatic heterocycles. The minimum atomic E-state index is -3.49. The maximum Gasteiger partial charge on any atom is 0.245 e. The van der Waals surface area contributed by atoms with Crippen LogP contribution < -0.4 is 5.73 Å². The number of sulfonamides is 1. The van der Waals surface area contributed by atoms with Crippen LogP contribution in [0, 0.1) is 6.92 Å². The van der Waals surface area contributed by atoms with Crippen LogP contribution in [0.25, 0.3) is 0 Å². The van der Waals surface area contributed by atoms with Gasteiger partial charge in [-0.25, -0.2) is 8.42 Å². The summed E-state index contributed by atoms with van der Waals surface area (Å²) < 4.78 is 26.8. The molecule has 2 N–H and O–H groups in total. The highest BCUT2D eigenvalue weighted by molar-refractivity contribution is 8.00. The van der Waals surface area contributed by atoms with Crippen molar-refractivity contribution in [2.75, 3.05) is 24.6 Å². The summed E-state index contributed by atoms with van der Waals surface area (Å²) in [7, 11) is -3.49. The first-order valence-electron chi connectivity index (χ1n) is 6.23. The van der Waals surface area contributed by atoms with Crippen LogP contribution in [0.2, 0.25) is 0 Å². The summed E-state index contributed by atoms with van der Waals surface area (Å²) in [6.45, 7) is 7.10. The number of hydrogen-bond donors (Lipinski definition) is 1. The van der Waals surface area contributed by atoms with E-state index in [2.05, 4.69) is 13.8 Å². The molecule has 2 rings (SSSR count). The van der Waals surface area contributed by atoms with Crippen LogP contribution in [0.1, 0.15) is 19.4 Å². The van der Waals surface area contributed by atoms with Gasteiger partial charge in [0, 0.05) is 23.6 Å². The number of aryl methyl sites for hydroxylation is 1. The molecule has 0 radical (unpaired) electrons. The van der Waals surface area contributed by atoms with Crippen molar-refractivity contribution in [3.63, 3.8) is 0 Å². The monoisotopic (exact) mass is 300 g/mol. The Bertz CT molecular complexity index is 582. The molecule has 1 aliphatic rings. The van der Waals surface area contributed by atoms with Crippen LogP contribution in [0.4, 0.5) is 5.69 Å². The molecule has 0 spiro atoms. The average Bonchev–Trinajstić information content (AvgIpc) is 2.27. The van der Waals surface area contributed by atoms with Crippen LogP contribution in [0.5, 0.6) is 0 Å². The Kier molecular flexibility index (Phi) is 3.86. The normalized spacial score (nSPS) is 20.4. The van der Waals surface area contributed by atoms with Crippen molar-refractivity contribution in [2.24, 2.45) is 0 Å². The van der Waals surface area contributed by atoms with Gasteiger partial charge in [-0.2, -0.15) is 16.1 Å². The first kappa shape index (κ1) is 14.7. The molecule has 0 bridgehead atoms. The number of nitrogens with two attached hydrogens (primary N) is 1. The van der Waals surface area contributed by atoms with Crippen molar-refractivity contribution in [3.05, 3.63) is 23.8 Å². The van der Waals surface area contributed by atoms with Crippen molar-refractivity contribution < 1.29 is 8.42 Å². The molecule has 0 atom stereocenters. The Morgan fingerprint density at radius 2 is 2.05 bits per heavy atom. The highest BCUT2D eigenvalue weighted by Gasteiger charge is 2.35. The van der Waals surface area contributed by atoms with E-state index in [4.69, 9.17) is 5.73 Å². The molecular weight excluding hydrogens is 280 g/mol. The zero-order chi connectivity index (χ0) is 14.3. The van der Waals surface area contributed by atoms with Gasteiger partial charge in [-0.3, -0.25) is 0 Å². The summed E-state index contributed by atoms with van der Waals surface area (Å²) in [5, 5.41) is 0. The topological polar surface area (TPSA) is 63.4 Å². The van der Waals surface area contributed by atoms with E-state index < -0.39 is 10.0 Å². The molecule has 0 amide bonds. The van der Waals surface area contributed by atoms with Crippen LogP contribution in [0.15, 0.2) is 23.1 Å². The minimum absolute atomic E-state index is 0.0508. The van der Waals surface area contributed by atoms with Crippen molar-refractivity contribution in [3.8, 4) is 0 Å². The minimum Gasteiger partial charge on any atom is -0.398 e. The average molecular weight is 300 g/mol. The van der Waals surface area contributed by atoms with Crippen LogP contribution >= 0.6 is 11.8 Å². The van der Waals surface area contributed by atoms with Crippen LogP contribution in [-0.2, 0) is 10.0 Å². The third-order valence-electron chi connectivity index (χ3n) is 3.17.